The summed E-state index contributed by atoms with van der Waals surface area (Å²) < 4.78 is 35.9. The van der Waals surface area contributed by atoms with Crippen LogP contribution in [-0.2, 0) is 4.79 Å². The summed E-state index contributed by atoms with van der Waals surface area (Å²) in [6.07, 6.45) is -4.16. The fourth-order valence-corrected chi connectivity index (χ4v) is 2.21. The second kappa shape index (κ2) is 5.91. The molecule has 2 unspecified atom stereocenters. The second-order valence-electron chi connectivity index (χ2n) is 5.20. The van der Waals surface area contributed by atoms with Gasteiger partial charge >= 0.3 is 12.1 Å². The van der Waals surface area contributed by atoms with Crippen molar-refractivity contribution in [1.82, 2.24) is 4.90 Å². The van der Waals surface area contributed by atoms with E-state index >= 15 is 0 Å². The van der Waals surface area contributed by atoms with Crippen LogP contribution in [0.1, 0.15) is 33.1 Å². The Morgan fingerprint density at radius 2 is 1.94 bits per heavy atom. The number of carbonyl (C=O) groups is 1. The Hall–Kier alpha value is -0.780. The van der Waals surface area contributed by atoms with Crippen molar-refractivity contribution in [3.63, 3.8) is 0 Å². The number of hydrogen-bond acceptors (Lipinski definition) is 2. The van der Waals surface area contributed by atoms with Gasteiger partial charge in [-0.05, 0) is 25.7 Å². The van der Waals surface area contributed by atoms with Gasteiger partial charge in [-0.25, -0.2) is 0 Å². The maximum atomic E-state index is 12.0. The van der Waals surface area contributed by atoms with Crippen molar-refractivity contribution in [3.8, 4) is 0 Å². The van der Waals surface area contributed by atoms with Gasteiger partial charge in [-0.3, -0.25) is 9.69 Å². The maximum Gasteiger partial charge on any atom is 0.389 e. The molecule has 0 saturated carbocycles. The smallest absolute Gasteiger partial charge is 0.389 e. The van der Waals surface area contributed by atoms with Gasteiger partial charge in [-0.2, -0.15) is 13.2 Å². The van der Waals surface area contributed by atoms with Crippen LogP contribution in [0.15, 0.2) is 0 Å². The van der Waals surface area contributed by atoms with Gasteiger partial charge in [0.15, 0.2) is 0 Å². The Labute approximate surface area is 105 Å². The number of hydrogen-bond donors (Lipinski definition) is 1. The molecule has 0 aromatic rings. The Bertz CT molecular complexity index is 288. The monoisotopic (exact) mass is 267 g/mol. The Morgan fingerprint density at radius 3 is 2.39 bits per heavy atom. The van der Waals surface area contributed by atoms with E-state index in [-0.39, 0.29) is 24.3 Å². The standard InChI is InChI=1S/C12H20F3NO2/c1-8(4-3-5-12(13,14)15)16-6-10(7-16)9(2)11(17)18/h8-10H,3-7H2,1-2H3,(H,17,18). The number of halogens is 3. The summed E-state index contributed by atoms with van der Waals surface area (Å²) in [6.45, 7) is 4.94. The average molecular weight is 267 g/mol. The molecule has 1 N–H and O–H groups in total. The molecule has 1 aliphatic rings. The number of nitrogens with zero attached hydrogens (tertiary/aromatic N) is 1. The minimum Gasteiger partial charge on any atom is -0.481 e. The number of aliphatic carboxylic acids is 1. The van der Waals surface area contributed by atoms with Crippen LogP contribution in [-0.4, -0.2) is 41.3 Å². The summed E-state index contributed by atoms with van der Waals surface area (Å²) in [5, 5.41) is 8.83. The first-order valence-electron chi connectivity index (χ1n) is 6.24. The van der Waals surface area contributed by atoms with E-state index in [0.29, 0.717) is 19.5 Å². The highest BCUT2D eigenvalue weighted by Gasteiger charge is 2.36. The largest absolute Gasteiger partial charge is 0.481 e. The van der Waals surface area contributed by atoms with Crippen molar-refractivity contribution in [2.24, 2.45) is 11.8 Å². The SMILES string of the molecule is CC(C(=O)O)C1CN(C(C)CCCC(F)(F)F)C1. The summed E-state index contributed by atoms with van der Waals surface area (Å²) in [4.78, 5) is 12.8. The van der Waals surface area contributed by atoms with E-state index in [9.17, 15) is 18.0 Å². The first-order valence-corrected chi connectivity index (χ1v) is 6.24. The van der Waals surface area contributed by atoms with Gasteiger partial charge in [-0.15, -0.1) is 0 Å². The van der Waals surface area contributed by atoms with Crippen LogP contribution in [0.2, 0.25) is 0 Å². The lowest BCUT2D eigenvalue weighted by Gasteiger charge is -2.45. The van der Waals surface area contributed by atoms with E-state index in [0.717, 1.165) is 0 Å². The first-order chi connectivity index (χ1) is 8.20. The summed E-state index contributed by atoms with van der Waals surface area (Å²) >= 11 is 0. The van der Waals surface area contributed by atoms with Gasteiger partial charge in [0.1, 0.15) is 0 Å². The molecule has 0 aromatic carbocycles. The molecule has 0 bridgehead atoms. The Kier molecular flexibility index (Phi) is 5.01. The number of rotatable bonds is 6. The lowest BCUT2D eigenvalue weighted by molar-refractivity contribution is -0.146. The molecule has 0 spiro atoms. The van der Waals surface area contributed by atoms with Gasteiger partial charge in [0, 0.05) is 25.6 Å². The molecule has 0 aliphatic carbocycles. The molecule has 2 atom stereocenters. The quantitative estimate of drug-likeness (QED) is 0.804. The molecule has 1 fully saturated rings. The minimum atomic E-state index is -4.07. The molecule has 0 radical (unpaired) electrons. The highest BCUT2D eigenvalue weighted by atomic mass is 19.4. The highest BCUT2D eigenvalue weighted by Crippen LogP contribution is 2.29. The van der Waals surface area contributed by atoms with Crippen molar-refractivity contribution >= 4 is 5.97 Å². The zero-order valence-corrected chi connectivity index (χ0v) is 10.7. The van der Waals surface area contributed by atoms with Crippen LogP contribution in [0.5, 0.6) is 0 Å². The predicted octanol–water partition coefficient (Wildman–Crippen LogP) is 2.76. The van der Waals surface area contributed by atoms with Crippen LogP contribution >= 0.6 is 0 Å². The Morgan fingerprint density at radius 1 is 1.39 bits per heavy atom. The molecule has 3 nitrogen and oxygen atoms in total. The molecule has 6 heteroatoms. The first kappa shape index (κ1) is 15.3. The lowest BCUT2D eigenvalue weighted by atomic mass is 9.85. The van der Waals surface area contributed by atoms with Gasteiger partial charge in [0.25, 0.3) is 0 Å². The van der Waals surface area contributed by atoms with E-state index in [2.05, 4.69) is 4.90 Å². The van der Waals surface area contributed by atoms with Crippen molar-refractivity contribution in [2.75, 3.05) is 13.1 Å². The third-order valence-electron chi connectivity index (χ3n) is 3.74. The third kappa shape index (κ3) is 4.48. The van der Waals surface area contributed by atoms with E-state index in [1.54, 1.807) is 6.92 Å². The molecule has 1 rings (SSSR count). The molecule has 1 heterocycles. The summed E-state index contributed by atoms with van der Waals surface area (Å²) in [5.74, 6) is -1.04. The van der Waals surface area contributed by atoms with Crippen molar-refractivity contribution in [1.29, 1.82) is 0 Å². The highest BCUT2D eigenvalue weighted by molar-refractivity contribution is 5.70. The molecular weight excluding hydrogens is 247 g/mol. The number of likely N-dealkylation sites (tertiary alicyclic amines) is 1. The lowest BCUT2D eigenvalue weighted by Crippen LogP contribution is -2.54. The van der Waals surface area contributed by atoms with Crippen molar-refractivity contribution in [2.45, 2.75) is 45.3 Å². The van der Waals surface area contributed by atoms with Crippen LogP contribution in [0.3, 0.4) is 0 Å². The van der Waals surface area contributed by atoms with Crippen LogP contribution < -0.4 is 0 Å². The number of carboxylic acid groups (broad SMARTS) is 1. The summed E-state index contributed by atoms with van der Waals surface area (Å²) in [5.41, 5.74) is 0. The maximum absolute atomic E-state index is 12.0. The van der Waals surface area contributed by atoms with E-state index in [4.69, 9.17) is 5.11 Å². The topological polar surface area (TPSA) is 40.5 Å². The zero-order chi connectivity index (χ0) is 13.9. The van der Waals surface area contributed by atoms with Crippen LogP contribution in [0.4, 0.5) is 13.2 Å². The fourth-order valence-electron chi connectivity index (χ4n) is 2.21. The predicted molar refractivity (Wildman–Crippen MR) is 61.2 cm³/mol. The summed E-state index contributed by atoms with van der Waals surface area (Å²) in [7, 11) is 0. The molecule has 1 saturated heterocycles. The molecule has 18 heavy (non-hydrogen) atoms. The summed E-state index contributed by atoms with van der Waals surface area (Å²) in [6, 6.07) is 0.101. The van der Waals surface area contributed by atoms with E-state index in [1.807, 2.05) is 6.92 Å². The molecule has 1 aliphatic heterocycles. The zero-order valence-electron chi connectivity index (χ0n) is 10.7. The third-order valence-corrected chi connectivity index (χ3v) is 3.74. The van der Waals surface area contributed by atoms with Crippen LogP contribution in [0, 0.1) is 11.8 Å². The van der Waals surface area contributed by atoms with E-state index < -0.39 is 18.6 Å². The van der Waals surface area contributed by atoms with Gasteiger partial charge in [0.05, 0.1) is 5.92 Å². The van der Waals surface area contributed by atoms with Gasteiger partial charge < -0.3 is 5.11 Å². The normalized spacial score (nSPS) is 21.4. The van der Waals surface area contributed by atoms with Crippen molar-refractivity contribution < 1.29 is 23.1 Å². The second-order valence-corrected chi connectivity index (χ2v) is 5.20. The van der Waals surface area contributed by atoms with Crippen LogP contribution in [0.25, 0.3) is 0 Å². The average Bonchev–Trinajstić information content (AvgIpc) is 2.12. The molecule has 0 aromatic heterocycles. The van der Waals surface area contributed by atoms with Crippen molar-refractivity contribution in [3.05, 3.63) is 0 Å². The van der Waals surface area contributed by atoms with Gasteiger partial charge in [-0.1, -0.05) is 6.92 Å². The fraction of sp³-hybridized carbons (Fsp3) is 0.917. The molecule has 106 valence electrons. The number of carboxylic acids is 1. The Balaban J connectivity index is 2.19. The minimum absolute atomic E-state index is 0.101. The molecular formula is C12H20F3NO2. The molecule has 0 amide bonds. The number of alkyl halides is 3. The van der Waals surface area contributed by atoms with Gasteiger partial charge in [0.2, 0.25) is 0 Å². The van der Waals surface area contributed by atoms with E-state index in [1.165, 1.54) is 0 Å².